The van der Waals surface area contributed by atoms with Crippen molar-refractivity contribution < 1.29 is 9.59 Å². The molecule has 1 spiro atoms. The molecule has 2 aromatic heterocycles. The monoisotopic (exact) mass is 396 g/mol. The Hall–Kier alpha value is -2.74. The van der Waals surface area contributed by atoms with E-state index >= 15 is 0 Å². The van der Waals surface area contributed by atoms with E-state index < -0.39 is 5.54 Å². The molecule has 3 amide bonds. The zero-order valence-electron chi connectivity index (χ0n) is 17.3. The average molecular weight is 396 g/mol. The first kappa shape index (κ1) is 19.6. The predicted molar refractivity (Wildman–Crippen MR) is 108 cm³/mol. The van der Waals surface area contributed by atoms with E-state index in [9.17, 15) is 9.59 Å². The maximum absolute atomic E-state index is 13.4. The summed E-state index contributed by atoms with van der Waals surface area (Å²) in [5.41, 5.74) is 2.38. The number of pyridine rings is 1. The van der Waals surface area contributed by atoms with Gasteiger partial charge in [-0.3, -0.25) is 24.3 Å². The van der Waals surface area contributed by atoms with Crippen LogP contribution in [0, 0.1) is 6.92 Å². The normalized spacial score (nSPS) is 19.6. The van der Waals surface area contributed by atoms with E-state index in [1.807, 2.05) is 43.0 Å². The van der Waals surface area contributed by atoms with Crippen LogP contribution in [0.25, 0.3) is 0 Å². The van der Waals surface area contributed by atoms with Crippen molar-refractivity contribution in [1.82, 2.24) is 29.5 Å². The fourth-order valence-electron chi connectivity index (χ4n) is 4.52. The van der Waals surface area contributed by atoms with Crippen LogP contribution in [0.3, 0.4) is 0 Å². The van der Waals surface area contributed by atoms with Crippen LogP contribution >= 0.6 is 0 Å². The minimum Gasteiger partial charge on any atom is -0.310 e. The Morgan fingerprint density at radius 3 is 2.48 bits per heavy atom. The zero-order chi connectivity index (χ0) is 20.6. The van der Waals surface area contributed by atoms with Crippen molar-refractivity contribution in [3.63, 3.8) is 0 Å². The van der Waals surface area contributed by atoms with E-state index in [1.54, 1.807) is 11.1 Å². The van der Waals surface area contributed by atoms with Crippen molar-refractivity contribution in [3.05, 3.63) is 47.5 Å². The van der Waals surface area contributed by atoms with E-state index in [0.717, 1.165) is 31.0 Å². The second-order valence-electron chi connectivity index (χ2n) is 7.93. The summed E-state index contributed by atoms with van der Waals surface area (Å²) in [6.07, 6.45) is 4.91. The van der Waals surface area contributed by atoms with Crippen LogP contribution in [0.15, 0.2) is 30.6 Å². The molecule has 0 saturated carbocycles. The molecule has 154 valence electrons. The Balaban J connectivity index is 1.49. The van der Waals surface area contributed by atoms with Crippen molar-refractivity contribution in [1.29, 1.82) is 0 Å². The molecule has 0 aliphatic carbocycles. The molecule has 8 heteroatoms. The Kier molecular flexibility index (Phi) is 5.12. The summed E-state index contributed by atoms with van der Waals surface area (Å²) < 4.78 is 1.88. The number of imide groups is 1. The molecule has 2 aliphatic rings. The average Bonchev–Trinajstić information content (AvgIpc) is 3.14. The zero-order valence-corrected chi connectivity index (χ0v) is 17.3. The van der Waals surface area contributed by atoms with Gasteiger partial charge in [0.15, 0.2) is 0 Å². The standard InChI is InChI=1S/C21H28N6O2/c1-4-27-20(29)26(15-18-7-5-6-10-22-18)19(28)21(27)8-11-25(12-9-21)14-17-13-23-24(3)16(17)2/h5-7,10,13H,4,8-9,11-12,14-15H2,1-3H3. The van der Waals surface area contributed by atoms with Gasteiger partial charge in [0, 0.05) is 50.7 Å². The summed E-state index contributed by atoms with van der Waals surface area (Å²) >= 11 is 0. The highest BCUT2D eigenvalue weighted by Gasteiger charge is 2.57. The summed E-state index contributed by atoms with van der Waals surface area (Å²) in [7, 11) is 1.95. The molecule has 0 unspecified atom stereocenters. The molecule has 0 N–H and O–H groups in total. The topological polar surface area (TPSA) is 74.6 Å². The molecule has 2 saturated heterocycles. The molecule has 0 atom stereocenters. The third kappa shape index (κ3) is 3.31. The Labute approximate surface area is 171 Å². The van der Waals surface area contributed by atoms with Gasteiger partial charge in [-0.05, 0) is 38.8 Å². The number of piperidine rings is 1. The second kappa shape index (κ2) is 7.59. The van der Waals surface area contributed by atoms with E-state index in [4.69, 9.17) is 0 Å². The van der Waals surface area contributed by atoms with Gasteiger partial charge in [0.1, 0.15) is 5.54 Å². The molecular weight excluding hydrogens is 368 g/mol. The van der Waals surface area contributed by atoms with Crippen molar-refractivity contribution >= 4 is 11.9 Å². The van der Waals surface area contributed by atoms with Crippen LogP contribution < -0.4 is 0 Å². The lowest BCUT2D eigenvalue weighted by atomic mass is 9.85. The molecule has 8 nitrogen and oxygen atoms in total. The number of amides is 3. The van der Waals surface area contributed by atoms with E-state index in [0.29, 0.717) is 19.4 Å². The molecule has 29 heavy (non-hydrogen) atoms. The van der Waals surface area contributed by atoms with Gasteiger partial charge in [0.25, 0.3) is 5.91 Å². The molecule has 4 rings (SSSR count). The number of likely N-dealkylation sites (N-methyl/N-ethyl adjacent to an activating group) is 1. The first-order valence-electron chi connectivity index (χ1n) is 10.2. The van der Waals surface area contributed by atoms with Crippen molar-refractivity contribution in [2.45, 2.75) is 45.3 Å². The highest BCUT2D eigenvalue weighted by atomic mass is 16.2. The van der Waals surface area contributed by atoms with E-state index in [-0.39, 0.29) is 18.5 Å². The van der Waals surface area contributed by atoms with Gasteiger partial charge < -0.3 is 4.90 Å². The molecule has 0 aromatic carbocycles. The van der Waals surface area contributed by atoms with Crippen LogP contribution in [-0.4, -0.2) is 66.6 Å². The summed E-state index contributed by atoms with van der Waals surface area (Å²) in [4.78, 5) is 36.2. The van der Waals surface area contributed by atoms with Crippen molar-refractivity contribution in [2.24, 2.45) is 7.05 Å². The van der Waals surface area contributed by atoms with Crippen LogP contribution in [-0.2, 0) is 24.9 Å². The third-order valence-corrected chi connectivity index (χ3v) is 6.40. The number of carbonyl (C=O) groups is 2. The minimum atomic E-state index is -0.721. The van der Waals surface area contributed by atoms with Gasteiger partial charge in [0.2, 0.25) is 0 Å². The molecule has 2 aliphatic heterocycles. The lowest BCUT2D eigenvalue weighted by Crippen LogP contribution is -2.56. The number of rotatable bonds is 5. The van der Waals surface area contributed by atoms with Gasteiger partial charge in [-0.25, -0.2) is 4.79 Å². The van der Waals surface area contributed by atoms with Crippen LogP contribution in [0.2, 0.25) is 0 Å². The predicted octanol–water partition coefficient (Wildman–Crippen LogP) is 1.94. The SMILES string of the molecule is CCN1C(=O)N(Cc2ccccn2)C(=O)C12CCN(Cc1cnn(C)c1C)CC2. The van der Waals surface area contributed by atoms with Gasteiger partial charge in [0.05, 0.1) is 18.4 Å². The number of likely N-dealkylation sites (tertiary alicyclic amines) is 1. The Bertz CT molecular complexity index is 901. The fourth-order valence-corrected chi connectivity index (χ4v) is 4.52. The first-order valence-corrected chi connectivity index (χ1v) is 10.2. The lowest BCUT2D eigenvalue weighted by molar-refractivity contribution is -0.136. The van der Waals surface area contributed by atoms with Gasteiger partial charge >= 0.3 is 6.03 Å². The number of nitrogens with zero attached hydrogens (tertiary/aromatic N) is 6. The van der Waals surface area contributed by atoms with Crippen LogP contribution in [0.5, 0.6) is 0 Å². The number of urea groups is 1. The summed E-state index contributed by atoms with van der Waals surface area (Å²) in [5, 5.41) is 4.32. The van der Waals surface area contributed by atoms with Crippen LogP contribution in [0.4, 0.5) is 4.79 Å². The molecule has 2 fully saturated rings. The van der Waals surface area contributed by atoms with Gasteiger partial charge in [-0.1, -0.05) is 6.07 Å². The molecule has 2 aromatic rings. The van der Waals surface area contributed by atoms with Gasteiger partial charge in [-0.15, -0.1) is 0 Å². The second-order valence-corrected chi connectivity index (χ2v) is 7.93. The highest BCUT2D eigenvalue weighted by Crippen LogP contribution is 2.38. The Morgan fingerprint density at radius 1 is 1.14 bits per heavy atom. The summed E-state index contributed by atoms with van der Waals surface area (Å²) in [6, 6.07) is 5.36. The van der Waals surface area contributed by atoms with E-state index in [2.05, 4.69) is 21.9 Å². The minimum absolute atomic E-state index is 0.0767. The van der Waals surface area contributed by atoms with Crippen molar-refractivity contribution in [3.8, 4) is 0 Å². The van der Waals surface area contributed by atoms with Crippen molar-refractivity contribution in [2.75, 3.05) is 19.6 Å². The first-order chi connectivity index (χ1) is 14.0. The van der Waals surface area contributed by atoms with E-state index in [1.165, 1.54) is 10.5 Å². The van der Waals surface area contributed by atoms with Gasteiger partial charge in [-0.2, -0.15) is 5.10 Å². The molecule has 0 bridgehead atoms. The largest absolute Gasteiger partial charge is 0.328 e. The summed E-state index contributed by atoms with van der Waals surface area (Å²) in [5.74, 6) is -0.0767. The number of carbonyl (C=O) groups excluding carboxylic acids is 2. The summed E-state index contributed by atoms with van der Waals surface area (Å²) in [6.45, 7) is 7.16. The quantitative estimate of drug-likeness (QED) is 0.722. The number of aryl methyl sites for hydroxylation is 1. The highest BCUT2D eigenvalue weighted by molar-refractivity contribution is 6.07. The lowest BCUT2D eigenvalue weighted by Gasteiger charge is -2.41. The fraction of sp³-hybridized carbons (Fsp3) is 0.524. The smallest absolute Gasteiger partial charge is 0.310 e. The molecule has 0 radical (unpaired) electrons. The number of hydrogen-bond acceptors (Lipinski definition) is 5. The third-order valence-electron chi connectivity index (χ3n) is 6.40. The Morgan fingerprint density at radius 2 is 1.90 bits per heavy atom. The maximum Gasteiger partial charge on any atom is 0.328 e. The molecular formula is C21H28N6O2. The molecule has 4 heterocycles. The maximum atomic E-state index is 13.4. The number of aromatic nitrogens is 3. The van der Waals surface area contributed by atoms with Crippen LogP contribution in [0.1, 0.15) is 36.7 Å². The number of hydrogen-bond donors (Lipinski definition) is 0.